The molecule has 44 heavy (non-hydrogen) atoms. The molecule has 6 rings (SSSR count). The maximum atomic E-state index is 13.2. The monoisotopic (exact) mass is 617 g/mol. The molecular formula is C33H39N5O5S. The van der Waals surface area contributed by atoms with Crippen molar-refractivity contribution < 1.29 is 13.2 Å². The molecule has 232 valence electrons. The number of pyridine rings is 1. The van der Waals surface area contributed by atoms with Gasteiger partial charge in [0.25, 0.3) is 15.6 Å². The highest BCUT2D eigenvalue weighted by Crippen LogP contribution is 2.32. The Morgan fingerprint density at radius 2 is 1.89 bits per heavy atom. The highest BCUT2D eigenvalue weighted by atomic mass is 32.2. The zero-order valence-electron chi connectivity index (χ0n) is 24.9. The minimum atomic E-state index is -3.85. The first-order valence-electron chi connectivity index (χ1n) is 15.4. The van der Waals surface area contributed by atoms with Crippen LogP contribution in [0.3, 0.4) is 0 Å². The van der Waals surface area contributed by atoms with Gasteiger partial charge in [-0.3, -0.25) is 14.1 Å². The first-order chi connectivity index (χ1) is 21.3. The number of hydrogen-bond donors (Lipinski definition) is 3. The molecule has 1 atom stereocenters. The van der Waals surface area contributed by atoms with Crippen LogP contribution in [0, 0.1) is 5.92 Å². The number of rotatable bonds is 12. The third-order valence-electron chi connectivity index (χ3n) is 8.77. The van der Waals surface area contributed by atoms with Crippen molar-refractivity contribution in [2.45, 2.75) is 69.3 Å². The molecule has 2 aromatic carbocycles. The van der Waals surface area contributed by atoms with Crippen molar-refractivity contribution >= 4 is 21.4 Å². The number of nitrogens with one attached hydrogen (secondary N) is 3. The molecule has 0 saturated heterocycles. The van der Waals surface area contributed by atoms with Gasteiger partial charge in [-0.2, -0.15) is 0 Å². The van der Waals surface area contributed by atoms with Crippen LogP contribution in [0.2, 0.25) is 0 Å². The number of anilines is 2. The number of aryl methyl sites for hydroxylation is 2. The SMILES string of the molecule is CCN(CC1CCc2cc(NS(=O)(=O)c3ccc(-n4cc(CCCC5CCC5)[nH]c4=O)cc3)ccc2O1)c1ccc[nH]c1=O. The Morgan fingerprint density at radius 3 is 2.61 bits per heavy atom. The molecule has 0 radical (unpaired) electrons. The van der Waals surface area contributed by atoms with E-state index < -0.39 is 10.0 Å². The van der Waals surface area contributed by atoms with Gasteiger partial charge in [0, 0.05) is 30.3 Å². The maximum Gasteiger partial charge on any atom is 0.330 e. The molecule has 11 heteroatoms. The predicted molar refractivity (Wildman–Crippen MR) is 172 cm³/mol. The first-order valence-corrected chi connectivity index (χ1v) is 16.9. The highest BCUT2D eigenvalue weighted by molar-refractivity contribution is 7.92. The van der Waals surface area contributed by atoms with Crippen molar-refractivity contribution in [3.8, 4) is 11.4 Å². The van der Waals surface area contributed by atoms with Gasteiger partial charge >= 0.3 is 5.69 Å². The quantitative estimate of drug-likeness (QED) is 0.205. The number of nitrogens with zero attached hydrogens (tertiary/aromatic N) is 2. The van der Waals surface area contributed by atoms with E-state index in [9.17, 15) is 18.0 Å². The summed E-state index contributed by atoms with van der Waals surface area (Å²) in [6, 6.07) is 15.2. The van der Waals surface area contributed by atoms with Crippen molar-refractivity contribution in [1.82, 2.24) is 14.5 Å². The lowest BCUT2D eigenvalue weighted by Gasteiger charge is -2.31. The number of ether oxygens (including phenoxy) is 1. The zero-order valence-corrected chi connectivity index (χ0v) is 25.7. The average molecular weight is 618 g/mol. The Balaban J connectivity index is 1.08. The topological polar surface area (TPSA) is 129 Å². The van der Waals surface area contributed by atoms with Crippen molar-refractivity contribution in [2.75, 3.05) is 22.7 Å². The predicted octanol–water partition coefficient (Wildman–Crippen LogP) is 5.00. The summed E-state index contributed by atoms with van der Waals surface area (Å²) in [5.74, 6) is 1.55. The van der Waals surface area contributed by atoms with Crippen molar-refractivity contribution in [2.24, 2.45) is 5.92 Å². The zero-order chi connectivity index (χ0) is 30.7. The molecule has 10 nitrogen and oxygen atoms in total. The lowest BCUT2D eigenvalue weighted by molar-refractivity contribution is 0.178. The van der Waals surface area contributed by atoms with Crippen molar-refractivity contribution in [1.29, 1.82) is 0 Å². The number of aromatic amines is 2. The number of fused-ring (bicyclic) bond motifs is 1. The Morgan fingerprint density at radius 1 is 1.07 bits per heavy atom. The molecule has 1 aliphatic carbocycles. The second-order valence-corrected chi connectivity index (χ2v) is 13.4. The van der Waals surface area contributed by atoms with E-state index in [-0.39, 0.29) is 22.2 Å². The number of H-pyrrole nitrogens is 2. The van der Waals surface area contributed by atoms with Crippen LogP contribution < -0.4 is 25.6 Å². The summed E-state index contributed by atoms with van der Waals surface area (Å²) in [4.78, 5) is 32.6. The number of benzene rings is 2. The molecule has 1 unspecified atom stereocenters. The third-order valence-corrected chi connectivity index (χ3v) is 10.2. The maximum absolute atomic E-state index is 13.2. The summed E-state index contributed by atoms with van der Waals surface area (Å²) < 4.78 is 36.9. The summed E-state index contributed by atoms with van der Waals surface area (Å²) in [5, 5.41) is 0. The fourth-order valence-electron chi connectivity index (χ4n) is 6.07. The van der Waals surface area contributed by atoms with Crippen LogP contribution in [0.1, 0.15) is 56.7 Å². The van der Waals surface area contributed by atoms with E-state index in [1.165, 1.54) is 42.4 Å². The van der Waals surface area contributed by atoms with Gasteiger partial charge < -0.3 is 19.6 Å². The Hall–Kier alpha value is -4.25. The smallest absolute Gasteiger partial charge is 0.330 e. The first kappa shape index (κ1) is 29.8. The summed E-state index contributed by atoms with van der Waals surface area (Å²) in [7, 11) is -3.85. The van der Waals surface area contributed by atoms with E-state index in [0.717, 1.165) is 42.9 Å². The van der Waals surface area contributed by atoms with Gasteiger partial charge in [-0.1, -0.05) is 25.7 Å². The van der Waals surface area contributed by atoms with E-state index in [1.54, 1.807) is 36.5 Å². The summed E-state index contributed by atoms with van der Waals surface area (Å²) >= 11 is 0. The van der Waals surface area contributed by atoms with Crippen LogP contribution in [0.25, 0.3) is 5.69 Å². The molecular weight excluding hydrogens is 578 g/mol. The van der Waals surface area contributed by atoms with E-state index in [2.05, 4.69) is 14.7 Å². The van der Waals surface area contributed by atoms with Gasteiger partial charge in [0.2, 0.25) is 0 Å². The van der Waals surface area contributed by atoms with Crippen molar-refractivity contribution in [3.63, 3.8) is 0 Å². The Kier molecular flexibility index (Phi) is 8.65. The minimum absolute atomic E-state index is 0.0981. The fraction of sp³-hybridized carbons (Fsp3) is 0.394. The molecule has 1 saturated carbocycles. The van der Waals surface area contributed by atoms with E-state index >= 15 is 0 Å². The van der Waals surface area contributed by atoms with Crippen LogP contribution in [0.5, 0.6) is 5.75 Å². The van der Waals surface area contributed by atoms with E-state index in [0.29, 0.717) is 35.9 Å². The van der Waals surface area contributed by atoms with Gasteiger partial charge in [0.15, 0.2) is 0 Å². The number of aromatic nitrogens is 3. The normalized spacial score (nSPS) is 16.5. The minimum Gasteiger partial charge on any atom is -0.488 e. The molecule has 3 heterocycles. The molecule has 0 bridgehead atoms. The summed E-state index contributed by atoms with van der Waals surface area (Å²) in [6.07, 6.45) is 11.8. The molecule has 1 aliphatic heterocycles. The molecule has 3 N–H and O–H groups in total. The van der Waals surface area contributed by atoms with E-state index in [1.807, 2.05) is 30.2 Å². The fourth-order valence-corrected chi connectivity index (χ4v) is 7.12. The standard InChI is InChI=1S/C33H39N5O5S/c1-2-37(30-10-5-19-34-32(30)39)22-28-15-11-24-20-25(12-18-31(24)43-28)36-44(41,42)29-16-13-27(14-17-29)38-21-26(35-33(38)40)9-4-8-23-6-3-7-23/h5,10,12-14,16-21,23,28,36H,2-4,6-9,11,15,22H2,1H3,(H,34,39)(H,35,40). The number of sulfonamides is 1. The van der Waals surface area contributed by atoms with Crippen LogP contribution in [-0.2, 0) is 22.9 Å². The van der Waals surface area contributed by atoms with Gasteiger partial charge in [0.05, 0.1) is 17.1 Å². The average Bonchev–Trinajstić information content (AvgIpc) is 3.37. The molecule has 0 spiro atoms. The van der Waals surface area contributed by atoms with Gasteiger partial charge in [-0.15, -0.1) is 0 Å². The number of hydrogen-bond acceptors (Lipinski definition) is 6. The Labute approximate surface area is 257 Å². The summed E-state index contributed by atoms with van der Waals surface area (Å²) in [6.45, 7) is 3.25. The third kappa shape index (κ3) is 6.62. The number of likely N-dealkylation sites (N-methyl/N-ethyl adjacent to an activating group) is 1. The van der Waals surface area contributed by atoms with Crippen LogP contribution in [-0.4, -0.2) is 42.1 Å². The highest BCUT2D eigenvalue weighted by Gasteiger charge is 2.24. The second kappa shape index (κ2) is 12.8. The van der Waals surface area contributed by atoms with Crippen LogP contribution in [0.4, 0.5) is 11.4 Å². The van der Waals surface area contributed by atoms with Gasteiger partial charge in [0.1, 0.15) is 17.5 Å². The molecule has 0 amide bonds. The summed E-state index contributed by atoms with van der Waals surface area (Å²) in [5.41, 5.74) is 3.13. The largest absolute Gasteiger partial charge is 0.488 e. The lowest BCUT2D eigenvalue weighted by Crippen LogP contribution is -2.39. The Bertz CT molecular complexity index is 1820. The van der Waals surface area contributed by atoms with Crippen molar-refractivity contribution in [3.05, 3.63) is 99.1 Å². The molecule has 1 fully saturated rings. The van der Waals surface area contributed by atoms with Gasteiger partial charge in [-0.05, 0) is 98.7 Å². The number of imidazole rings is 1. The van der Waals surface area contributed by atoms with Crippen LogP contribution in [0.15, 0.2) is 81.5 Å². The molecule has 2 aromatic heterocycles. The second-order valence-electron chi connectivity index (χ2n) is 11.8. The van der Waals surface area contributed by atoms with Gasteiger partial charge in [-0.25, -0.2) is 13.2 Å². The van der Waals surface area contributed by atoms with Crippen LogP contribution >= 0.6 is 0 Å². The molecule has 2 aliphatic rings. The molecule has 4 aromatic rings. The van der Waals surface area contributed by atoms with E-state index in [4.69, 9.17) is 4.74 Å². The lowest BCUT2D eigenvalue weighted by atomic mass is 9.82.